The number of piperidine rings is 1. The van der Waals surface area contributed by atoms with E-state index in [1.807, 2.05) is 31.2 Å². The van der Waals surface area contributed by atoms with Crippen molar-refractivity contribution in [1.29, 1.82) is 0 Å². The van der Waals surface area contributed by atoms with Crippen LogP contribution in [-0.4, -0.2) is 49.3 Å². The summed E-state index contributed by atoms with van der Waals surface area (Å²) >= 11 is 0. The molecule has 1 heterocycles. The van der Waals surface area contributed by atoms with Crippen molar-refractivity contribution in [2.24, 2.45) is 5.92 Å². The van der Waals surface area contributed by atoms with Crippen LogP contribution in [0.5, 0.6) is 5.75 Å². The molecule has 0 saturated carbocycles. The Kier molecular flexibility index (Phi) is 8.58. The summed E-state index contributed by atoms with van der Waals surface area (Å²) in [5.74, 6) is 1.52. The number of hydrogen-bond donors (Lipinski definition) is 1. The molecule has 0 unspecified atom stereocenters. The van der Waals surface area contributed by atoms with Crippen LogP contribution in [-0.2, 0) is 9.53 Å². The third-order valence-electron chi connectivity index (χ3n) is 4.95. The van der Waals surface area contributed by atoms with Crippen molar-refractivity contribution in [3.63, 3.8) is 0 Å². The first-order valence-corrected chi connectivity index (χ1v) is 10.3. The van der Waals surface area contributed by atoms with Crippen molar-refractivity contribution in [3.05, 3.63) is 24.3 Å². The highest BCUT2D eigenvalue weighted by Gasteiger charge is 2.28. The van der Waals surface area contributed by atoms with Gasteiger partial charge in [0.2, 0.25) is 0 Å². The number of rotatable bonds is 10. The largest absolute Gasteiger partial charge is 0.494 e. The van der Waals surface area contributed by atoms with Gasteiger partial charge in [0.1, 0.15) is 11.4 Å². The molecule has 1 aromatic rings. The van der Waals surface area contributed by atoms with Gasteiger partial charge < -0.3 is 19.7 Å². The highest BCUT2D eigenvalue weighted by molar-refractivity contribution is 5.96. The minimum absolute atomic E-state index is 0.139. The van der Waals surface area contributed by atoms with Gasteiger partial charge in [-0.1, -0.05) is 13.8 Å². The number of carbonyl (C=O) groups excluding carboxylic acids is 1. The number of benzene rings is 1. The Labute approximate surface area is 164 Å². The topological polar surface area (TPSA) is 50.8 Å². The van der Waals surface area contributed by atoms with Gasteiger partial charge in [-0.25, -0.2) is 0 Å². The van der Waals surface area contributed by atoms with Crippen LogP contribution < -0.4 is 10.1 Å². The third kappa shape index (κ3) is 7.51. The van der Waals surface area contributed by atoms with E-state index in [-0.39, 0.29) is 5.91 Å². The third-order valence-corrected chi connectivity index (χ3v) is 4.95. The van der Waals surface area contributed by atoms with E-state index in [9.17, 15) is 4.79 Å². The van der Waals surface area contributed by atoms with Crippen LogP contribution in [0, 0.1) is 5.92 Å². The van der Waals surface area contributed by atoms with Gasteiger partial charge in [0.25, 0.3) is 5.91 Å². The van der Waals surface area contributed by atoms with Crippen LogP contribution in [0.4, 0.5) is 5.69 Å². The molecule has 2 rings (SSSR count). The standard InChI is InChI=1S/C22H36N2O3/c1-5-15-27-22(3,4)21(25)23-19-9-11-20(12-10-19)26-16-7-14-24-13-6-8-18(2)17-24/h9-12,18H,5-8,13-17H2,1-4H3,(H,23,25)/t18-/m0/s1. The summed E-state index contributed by atoms with van der Waals surface area (Å²) in [6, 6.07) is 7.54. The Morgan fingerprint density at radius 3 is 2.67 bits per heavy atom. The Balaban J connectivity index is 1.70. The van der Waals surface area contributed by atoms with E-state index in [0.717, 1.165) is 36.7 Å². The van der Waals surface area contributed by atoms with Crippen molar-refractivity contribution in [2.75, 3.05) is 38.2 Å². The van der Waals surface area contributed by atoms with Crippen molar-refractivity contribution in [2.45, 2.75) is 59.0 Å². The van der Waals surface area contributed by atoms with E-state index >= 15 is 0 Å². The van der Waals surface area contributed by atoms with Gasteiger partial charge in [0, 0.05) is 25.4 Å². The zero-order valence-corrected chi connectivity index (χ0v) is 17.4. The lowest BCUT2D eigenvalue weighted by Gasteiger charge is -2.30. The van der Waals surface area contributed by atoms with Gasteiger partial charge in [0.05, 0.1) is 6.61 Å². The maximum atomic E-state index is 12.3. The van der Waals surface area contributed by atoms with Crippen LogP contribution in [0.1, 0.15) is 53.4 Å². The maximum Gasteiger partial charge on any atom is 0.256 e. The van der Waals surface area contributed by atoms with Crippen LogP contribution in [0.2, 0.25) is 0 Å². The van der Waals surface area contributed by atoms with Gasteiger partial charge in [-0.3, -0.25) is 4.79 Å². The normalized spacial score (nSPS) is 18.3. The molecule has 1 saturated heterocycles. The number of likely N-dealkylation sites (tertiary alicyclic amines) is 1. The molecular weight excluding hydrogens is 340 g/mol. The Bertz CT molecular complexity index is 571. The molecule has 0 aromatic heterocycles. The molecule has 0 radical (unpaired) electrons. The number of ether oxygens (including phenoxy) is 2. The summed E-state index contributed by atoms with van der Waals surface area (Å²) in [5, 5.41) is 2.91. The number of amides is 1. The SMILES string of the molecule is CCCOC(C)(C)C(=O)Nc1ccc(OCCCN2CCC[C@H](C)C2)cc1. The second kappa shape index (κ2) is 10.7. The van der Waals surface area contributed by atoms with E-state index in [1.165, 1.54) is 25.9 Å². The lowest BCUT2D eigenvalue weighted by atomic mass is 10.0. The summed E-state index contributed by atoms with van der Waals surface area (Å²) in [6.45, 7) is 12.8. The fourth-order valence-corrected chi connectivity index (χ4v) is 3.31. The number of nitrogens with one attached hydrogen (secondary N) is 1. The molecule has 27 heavy (non-hydrogen) atoms. The van der Waals surface area contributed by atoms with Gasteiger partial charge in [-0.05, 0) is 76.3 Å². The second-order valence-corrected chi connectivity index (χ2v) is 8.09. The predicted molar refractivity (Wildman–Crippen MR) is 110 cm³/mol. The summed E-state index contributed by atoms with van der Waals surface area (Å²) in [5.41, 5.74) is -0.0836. The van der Waals surface area contributed by atoms with E-state index < -0.39 is 5.60 Å². The summed E-state index contributed by atoms with van der Waals surface area (Å²) in [4.78, 5) is 14.9. The first-order valence-electron chi connectivity index (χ1n) is 10.3. The number of nitrogens with zero attached hydrogens (tertiary/aromatic N) is 1. The average molecular weight is 377 g/mol. The van der Waals surface area contributed by atoms with Gasteiger partial charge in [0.15, 0.2) is 0 Å². The monoisotopic (exact) mass is 376 g/mol. The van der Waals surface area contributed by atoms with Crippen molar-refractivity contribution < 1.29 is 14.3 Å². The Hall–Kier alpha value is -1.59. The van der Waals surface area contributed by atoms with Crippen LogP contribution in [0.25, 0.3) is 0 Å². The van der Waals surface area contributed by atoms with Gasteiger partial charge in [-0.2, -0.15) is 0 Å². The van der Waals surface area contributed by atoms with E-state index in [4.69, 9.17) is 9.47 Å². The predicted octanol–water partition coefficient (Wildman–Crippen LogP) is 4.33. The smallest absolute Gasteiger partial charge is 0.256 e. The van der Waals surface area contributed by atoms with Crippen molar-refractivity contribution >= 4 is 11.6 Å². The molecule has 152 valence electrons. The minimum Gasteiger partial charge on any atom is -0.494 e. The molecule has 5 heteroatoms. The van der Waals surface area contributed by atoms with Crippen molar-refractivity contribution in [3.8, 4) is 5.75 Å². The van der Waals surface area contributed by atoms with Gasteiger partial charge in [-0.15, -0.1) is 0 Å². The van der Waals surface area contributed by atoms with E-state index in [2.05, 4.69) is 17.1 Å². The summed E-state index contributed by atoms with van der Waals surface area (Å²) in [6.07, 6.45) is 4.60. The molecule has 0 bridgehead atoms. The summed E-state index contributed by atoms with van der Waals surface area (Å²) < 4.78 is 11.5. The number of carbonyl (C=O) groups is 1. The lowest BCUT2D eigenvalue weighted by Crippen LogP contribution is -2.40. The molecule has 1 atom stereocenters. The van der Waals surface area contributed by atoms with Crippen LogP contribution in [0.15, 0.2) is 24.3 Å². The van der Waals surface area contributed by atoms with E-state index in [0.29, 0.717) is 13.2 Å². The Morgan fingerprint density at radius 2 is 2.00 bits per heavy atom. The number of anilines is 1. The average Bonchev–Trinajstić information content (AvgIpc) is 2.65. The molecule has 1 aliphatic heterocycles. The second-order valence-electron chi connectivity index (χ2n) is 8.09. The molecule has 1 aromatic carbocycles. The zero-order valence-electron chi connectivity index (χ0n) is 17.4. The highest BCUT2D eigenvalue weighted by atomic mass is 16.5. The first kappa shape index (κ1) is 21.7. The zero-order chi connectivity index (χ0) is 19.7. The first-order chi connectivity index (χ1) is 12.9. The highest BCUT2D eigenvalue weighted by Crippen LogP contribution is 2.19. The van der Waals surface area contributed by atoms with Crippen molar-refractivity contribution in [1.82, 2.24) is 4.90 Å². The molecule has 0 spiro atoms. The van der Waals surface area contributed by atoms with E-state index in [1.54, 1.807) is 13.8 Å². The quantitative estimate of drug-likeness (QED) is 0.618. The van der Waals surface area contributed by atoms with Crippen LogP contribution >= 0.6 is 0 Å². The molecule has 1 aliphatic rings. The number of hydrogen-bond acceptors (Lipinski definition) is 4. The molecule has 0 aliphatic carbocycles. The maximum absolute atomic E-state index is 12.3. The molecule has 1 amide bonds. The fourth-order valence-electron chi connectivity index (χ4n) is 3.31. The fraction of sp³-hybridized carbons (Fsp3) is 0.682. The molecular formula is C22H36N2O3. The lowest BCUT2D eigenvalue weighted by molar-refractivity contribution is -0.137. The summed E-state index contributed by atoms with van der Waals surface area (Å²) in [7, 11) is 0. The Morgan fingerprint density at radius 1 is 1.26 bits per heavy atom. The molecule has 1 fully saturated rings. The molecule has 5 nitrogen and oxygen atoms in total. The molecule has 1 N–H and O–H groups in total. The van der Waals surface area contributed by atoms with Crippen LogP contribution in [0.3, 0.4) is 0 Å². The van der Waals surface area contributed by atoms with Gasteiger partial charge >= 0.3 is 0 Å². The minimum atomic E-state index is -0.836.